The van der Waals surface area contributed by atoms with Gasteiger partial charge in [0.1, 0.15) is 5.82 Å². The highest BCUT2D eigenvalue weighted by Gasteiger charge is 2.59. The number of hydrogen-bond donors (Lipinski definition) is 2. The lowest BCUT2D eigenvalue weighted by molar-refractivity contribution is -0.123. The molecule has 2 heterocycles. The zero-order valence-corrected chi connectivity index (χ0v) is 19.3. The number of nitrogens with one attached hydrogen (secondary N) is 2. The van der Waals surface area contributed by atoms with Crippen molar-refractivity contribution in [2.24, 2.45) is 0 Å². The zero-order valence-electron chi connectivity index (χ0n) is 17.8. The Morgan fingerprint density at radius 3 is 2.55 bits per heavy atom. The Morgan fingerprint density at radius 1 is 0.970 bits per heavy atom. The van der Waals surface area contributed by atoms with Crippen LogP contribution in [0.15, 0.2) is 60.7 Å². The molecule has 0 saturated carbocycles. The van der Waals surface area contributed by atoms with Crippen molar-refractivity contribution >= 4 is 40.7 Å². The van der Waals surface area contributed by atoms with Crippen molar-refractivity contribution in [1.29, 1.82) is 0 Å². The van der Waals surface area contributed by atoms with Gasteiger partial charge >= 0.3 is 0 Å². The van der Waals surface area contributed by atoms with Crippen LogP contribution in [0.5, 0.6) is 0 Å². The molecule has 168 valence electrons. The van der Waals surface area contributed by atoms with Crippen LogP contribution in [0.1, 0.15) is 40.5 Å². The Kier molecular flexibility index (Phi) is 5.42. The minimum atomic E-state index is -1.18. The van der Waals surface area contributed by atoms with Crippen molar-refractivity contribution in [1.82, 2.24) is 5.32 Å². The van der Waals surface area contributed by atoms with E-state index in [2.05, 4.69) is 10.6 Å². The summed E-state index contributed by atoms with van der Waals surface area (Å²) in [6.07, 6.45) is 0.0840. The van der Waals surface area contributed by atoms with Crippen LogP contribution in [0.3, 0.4) is 0 Å². The van der Waals surface area contributed by atoms with Crippen LogP contribution >= 0.6 is 23.2 Å². The summed E-state index contributed by atoms with van der Waals surface area (Å²) in [5.41, 5.74) is 2.47. The Hall–Kier alpha value is -2.89. The molecule has 0 aliphatic carbocycles. The topological polar surface area (TPSA) is 58.2 Å². The first kappa shape index (κ1) is 21.9. The Morgan fingerprint density at radius 2 is 1.76 bits per heavy atom. The lowest BCUT2D eigenvalue weighted by atomic mass is 9.58. The van der Waals surface area contributed by atoms with E-state index in [1.165, 1.54) is 12.1 Å². The highest BCUT2D eigenvalue weighted by atomic mass is 35.5. The van der Waals surface area contributed by atoms with Crippen LogP contribution in [0.4, 0.5) is 10.1 Å². The molecule has 3 aromatic carbocycles. The fourth-order valence-electron chi connectivity index (χ4n) is 5.50. The molecule has 33 heavy (non-hydrogen) atoms. The molecule has 2 unspecified atom stereocenters. The number of anilines is 1. The zero-order chi connectivity index (χ0) is 23.3. The molecule has 2 aliphatic heterocycles. The van der Waals surface area contributed by atoms with E-state index < -0.39 is 23.1 Å². The van der Waals surface area contributed by atoms with Crippen LogP contribution in [0.2, 0.25) is 10.0 Å². The maximum atomic E-state index is 14.5. The van der Waals surface area contributed by atoms with Crippen molar-refractivity contribution in [3.8, 4) is 0 Å². The minimum Gasteiger partial charge on any atom is -0.355 e. The number of amides is 2. The summed E-state index contributed by atoms with van der Waals surface area (Å²) in [6, 6.07) is 17.1. The van der Waals surface area contributed by atoms with Crippen molar-refractivity contribution in [3.05, 3.63) is 98.8 Å². The second-order valence-corrected chi connectivity index (χ2v) is 9.56. The van der Waals surface area contributed by atoms with E-state index in [0.717, 1.165) is 16.7 Å². The predicted molar refractivity (Wildman–Crippen MR) is 127 cm³/mol. The van der Waals surface area contributed by atoms with Gasteiger partial charge in [0.15, 0.2) is 0 Å². The van der Waals surface area contributed by atoms with Gasteiger partial charge in [-0.15, -0.1) is 0 Å². The summed E-state index contributed by atoms with van der Waals surface area (Å²) in [6.45, 7) is 2.08. The van der Waals surface area contributed by atoms with Gasteiger partial charge in [-0.25, -0.2) is 4.39 Å². The summed E-state index contributed by atoms with van der Waals surface area (Å²) in [5, 5.41) is 6.97. The third-order valence-electron chi connectivity index (χ3n) is 6.91. The van der Waals surface area contributed by atoms with E-state index in [9.17, 15) is 14.0 Å². The van der Waals surface area contributed by atoms with Crippen molar-refractivity contribution in [3.63, 3.8) is 0 Å². The molecule has 2 aliphatic rings. The maximum Gasteiger partial charge on any atom is 0.236 e. The second-order valence-electron chi connectivity index (χ2n) is 8.68. The molecule has 2 N–H and O–H groups in total. The van der Waals surface area contributed by atoms with E-state index in [4.69, 9.17) is 23.2 Å². The van der Waals surface area contributed by atoms with Gasteiger partial charge in [0.05, 0.1) is 5.41 Å². The summed E-state index contributed by atoms with van der Waals surface area (Å²) in [4.78, 5) is 26.9. The highest BCUT2D eigenvalue weighted by Crippen LogP contribution is 2.57. The molecule has 2 amide bonds. The first-order valence-corrected chi connectivity index (χ1v) is 11.5. The molecule has 7 heteroatoms. The van der Waals surface area contributed by atoms with Gasteiger partial charge in [0.2, 0.25) is 11.8 Å². The van der Waals surface area contributed by atoms with E-state index in [1.807, 2.05) is 25.1 Å². The summed E-state index contributed by atoms with van der Waals surface area (Å²) in [7, 11) is 0. The molecule has 1 spiro atoms. The molecule has 0 bridgehead atoms. The van der Waals surface area contributed by atoms with Gasteiger partial charge in [-0.2, -0.15) is 0 Å². The van der Waals surface area contributed by atoms with Gasteiger partial charge in [-0.3, -0.25) is 9.59 Å². The number of rotatable bonds is 2. The smallest absolute Gasteiger partial charge is 0.236 e. The number of benzene rings is 3. The molecule has 5 rings (SSSR count). The molecule has 0 aromatic heterocycles. The first-order valence-electron chi connectivity index (χ1n) is 10.7. The van der Waals surface area contributed by atoms with E-state index in [-0.39, 0.29) is 24.8 Å². The Balaban J connectivity index is 1.85. The minimum absolute atomic E-state index is 0.0840. The summed E-state index contributed by atoms with van der Waals surface area (Å²) in [5.74, 6) is -1.86. The summed E-state index contributed by atoms with van der Waals surface area (Å²) >= 11 is 12.6. The second kappa shape index (κ2) is 8.15. The molecule has 3 aromatic rings. The molecule has 4 nitrogen and oxygen atoms in total. The molecule has 1 saturated heterocycles. The molecule has 0 radical (unpaired) electrons. The molecule has 3 atom stereocenters. The van der Waals surface area contributed by atoms with Gasteiger partial charge in [0.25, 0.3) is 0 Å². The van der Waals surface area contributed by atoms with E-state index in [0.29, 0.717) is 21.3 Å². The van der Waals surface area contributed by atoms with Gasteiger partial charge in [0, 0.05) is 40.5 Å². The van der Waals surface area contributed by atoms with E-state index >= 15 is 0 Å². The quantitative estimate of drug-likeness (QED) is 0.490. The van der Waals surface area contributed by atoms with Gasteiger partial charge in [-0.05, 0) is 65.6 Å². The maximum absolute atomic E-state index is 14.5. The fourth-order valence-corrected chi connectivity index (χ4v) is 5.88. The lowest BCUT2D eigenvalue weighted by Gasteiger charge is -2.41. The van der Waals surface area contributed by atoms with Crippen LogP contribution in [0, 0.1) is 12.7 Å². The van der Waals surface area contributed by atoms with Crippen molar-refractivity contribution in [2.45, 2.75) is 30.6 Å². The largest absolute Gasteiger partial charge is 0.355 e. The molecule has 1 fully saturated rings. The third-order valence-corrected chi connectivity index (χ3v) is 7.38. The van der Waals surface area contributed by atoms with Crippen LogP contribution in [-0.2, 0) is 15.0 Å². The highest BCUT2D eigenvalue weighted by molar-refractivity contribution is 6.31. The SMILES string of the molecule is Cc1ccc(F)cc1C1CNC(=O)C[C@H](c2cccc(Cl)c2)C12C(=O)Nc1cc(Cl)ccc12. The molecular weight excluding hydrogens is 462 g/mol. The Bertz CT molecular complexity index is 1300. The van der Waals surface area contributed by atoms with Gasteiger partial charge in [-0.1, -0.05) is 47.5 Å². The number of fused-ring (bicyclic) bond motifs is 2. The number of carbonyl (C=O) groups excluding carboxylic acids is 2. The monoisotopic (exact) mass is 482 g/mol. The average Bonchev–Trinajstić information content (AvgIpc) is 2.95. The Labute approximate surface area is 201 Å². The van der Waals surface area contributed by atoms with Crippen LogP contribution in [0.25, 0.3) is 0 Å². The normalized spacial score (nSPS) is 24.2. The average molecular weight is 483 g/mol. The first-order chi connectivity index (χ1) is 15.8. The predicted octanol–water partition coefficient (Wildman–Crippen LogP) is 5.72. The van der Waals surface area contributed by atoms with Gasteiger partial charge < -0.3 is 10.6 Å². The lowest BCUT2D eigenvalue weighted by Crippen LogP contribution is -2.47. The number of hydrogen-bond acceptors (Lipinski definition) is 2. The van der Waals surface area contributed by atoms with Crippen molar-refractivity contribution < 1.29 is 14.0 Å². The number of halogens is 3. The standard InChI is InChI=1S/C26H21Cl2FN2O2/c1-14-5-7-18(29)11-19(14)22-13-30-24(32)12-21(15-3-2-4-16(27)9-15)26(22)20-8-6-17(28)10-23(20)31-25(26)33/h2-11,21-22H,12-13H2,1H3,(H,30,32)(H,31,33)/t21-,22?,26?/m1/s1. The summed E-state index contributed by atoms with van der Waals surface area (Å²) < 4.78 is 14.5. The van der Waals surface area contributed by atoms with Crippen LogP contribution < -0.4 is 10.6 Å². The molecular formula is C26H21Cl2FN2O2. The third kappa shape index (κ3) is 3.51. The van der Waals surface area contributed by atoms with Crippen molar-refractivity contribution in [2.75, 3.05) is 11.9 Å². The van der Waals surface area contributed by atoms with Crippen LogP contribution in [-0.4, -0.2) is 18.4 Å². The number of carbonyl (C=O) groups is 2. The van der Waals surface area contributed by atoms with E-state index in [1.54, 1.807) is 30.3 Å². The number of aryl methyl sites for hydroxylation is 1. The fraction of sp³-hybridized carbons (Fsp3) is 0.231.